The zero-order chi connectivity index (χ0) is 30.3. The molecule has 1 unspecified atom stereocenters. The van der Waals surface area contributed by atoms with Gasteiger partial charge in [0.05, 0.1) is 10.6 Å². The van der Waals surface area contributed by atoms with E-state index in [0.717, 1.165) is 53.1 Å². The van der Waals surface area contributed by atoms with Gasteiger partial charge in [0.2, 0.25) is 11.8 Å². The number of carbonyl (C=O) groups is 2. The van der Waals surface area contributed by atoms with Crippen molar-refractivity contribution < 1.29 is 18.0 Å². The van der Waals surface area contributed by atoms with Gasteiger partial charge in [0, 0.05) is 17.6 Å². The molecule has 0 saturated heterocycles. The highest BCUT2D eigenvalue weighted by atomic mass is 35.5. The molecule has 0 heterocycles. The van der Waals surface area contributed by atoms with Gasteiger partial charge < -0.3 is 10.2 Å². The summed E-state index contributed by atoms with van der Waals surface area (Å²) in [7, 11) is -4.10. The fraction of sp³-hybridized carbons (Fsp3) is 0.394. The van der Waals surface area contributed by atoms with Crippen molar-refractivity contribution in [3.63, 3.8) is 0 Å². The van der Waals surface area contributed by atoms with Crippen LogP contribution in [-0.4, -0.2) is 43.8 Å². The molecule has 42 heavy (non-hydrogen) atoms. The number of halogens is 1. The number of amides is 2. The molecule has 1 N–H and O–H groups in total. The Morgan fingerprint density at radius 1 is 0.929 bits per heavy atom. The molecule has 3 aromatic carbocycles. The van der Waals surface area contributed by atoms with Crippen molar-refractivity contribution in [3.8, 4) is 0 Å². The van der Waals surface area contributed by atoms with Crippen LogP contribution in [0.3, 0.4) is 0 Å². The van der Waals surface area contributed by atoms with Gasteiger partial charge in [0.15, 0.2) is 0 Å². The number of rotatable bonds is 11. The Kier molecular flexibility index (Phi) is 10.7. The topological polar surface area (TPSA) is 86.8 Å². The molecule has 1 aliphatic carbocycles. The Labute approximate surface area is 254 Å². The molecule has 4 rings (SSSR count). The van der Waals surface area contributed by atoms with E-state index in [-0.39, 0.29) is 23.4 Å². The highest BCUT2D eigenvalue weighted by molar-refractivity contribution is 7.92. The Morgan fingerprint density at radius 2 is 1.60 bits per heavy atom. The van der Waals surface area contributed by atoms with Gasteiger partial charge in [-0.3, -0.25) is 13.9 Å². The van der Waals surface area contributed by atoms with Crippen molar-refractivity contribution in [1.82, 2.24) is 10.2 Å². The SMILES string of the molecule is CCC(C(=O)NC1CCCCC1)N(Cc1ccc(Cl)cc1)C(=O)CN(c1ccc(C)c(C)c1)S(=O)(=O)c1ccccc1. The average molecular weight is 610 g/mol. The maximum absolute atomic E-state index is 14.2. The third-order valence-corrected chi connectivity index (χ3v) is 10.0. The van der Waals surface area contributed by atoms with Gasteiger partial charge in [-0.15, -0.1) is 0 Å². The molecule has 1 fully saturated rings. The standard InChI is InChI=1S/C33H40ClN3O4S/c1-4-31(33(39)35-28-11-7-5-8-12-28)36(22-26-16-18-27(34)19-17-26)32(38)23-37(29-20-15-24(2)25(3)21-29)42(40,41)30-13-9-6-10-14-30/h6,9-10,13-21,28,31H,4-5,7-8,11-12,22-23H2,1-3H3,(H,35,39). The predicted octanol–water partition coefficient (Wildman–Crippen LogP) is 6.41. The molecule has 3 aromatic rings. The maximum Gasteiger partial charge on any atom is 0.264 e. The molecule has 1 aliphatic rings. The molecule has 0 radical (unpaired) electrons. The first kappa shape index (κ1) is 31.6. The molecule has 1 atom stereocenters. The lowest BCUT2D eigenvalue weighted by molar-refractivity contribution is -0.140. The summed E-state index contributed by atoms with van der Waals surface area (Å²) in [6, 6.07) is 19.9. The second-order valence-corrected chi connectivity index (χ2v) is 13.3. The van der Waals surface area contributed by atoms with Gasteiger partial charge in [-0.2, -0.15) is 0 Å². The number of sulfonamides is 1. The highest BCUT2D eigenvalue weighted by Gasteiger charge is 2.34. The molecule has 1 saturated carbocycles. The molecule has 0 bridgehead atoms. The van der Waals surface area contributed by atoms with E-state index in [2.05, 4.69) is 5.32 Å². The number of hydrogen-bond acceptors (Lipinski definition) is 4. The third-order valence-electron chi connectivity index (χ3n) is 7.99. The lowest BCUT2D eigenvalue weighted by atomic mass is 9.95. The monoisotopic (exact) mass is 609 g/mol. The predicted molar refractivity (Wildman–Crippen MR) is 168 cm³/mol. The van der Waals surface area contributed by atoms with Gasteiger partial charge in [0.25, 0.3) is 10.0 Å². The summed E-state index contributed by atoms with van der Waals surface area (Å²) in [6.07, 6.45) is 5.52. The minimum Gasteiger partial charge on any atom is -0.352 e. The lowest BCUT2D eigenvalue weighted by Gasteiger charge is -2.34. The smallest absolute Gasteiger partial charge is 0.264 e. The normalized spacial score (nSPS) is 14.7. The van der Waals surface area contributed by atoms with Crippen LogP contribution >= 0.6 is 11.6 Å². The Morgan fingerprint density at radius 3 is 2.21 bits per heavy atom. The quantitative estimate of drug-likeness (QED) is 0.272. The summed E-state index contributed by atoms with van der Waals surface area (Å²) in [5.41, 5.74) is 3.10. The second kappa shape index (κ2) is 14.2. The summed E-state index contributed by atoms with van der Waals surface area (Å²) in [5, 5.41) is 3.73. The van der Waals surface area contributed by atoms with E-state index >= 15 is 0 Å². The van der Waals surface area contributed by atoms with Crippen molar-refractivity contribution in [2.75, 3.05) is 10.8 Å². The van der Waals surface area contributed by atoms with E-state index in [1.807, 2.05) is 39.0 Å². The Bertz CT molecular complexity index is 1470. The second-order valence-electron chi connectivity index (χ2n) is 11.0. The van der Waals surface area contributed by atoms with Crippen LogP contribution in [0.5, 0.6) is 0 Å². The van der Waals surface area contributed by atoms with E-state index in [9.17, 15) is 18.0 Å². The van der Waals surface area contributed by atoms with Crippen molar-refractivity contribution in [1.29, 1.82) is 0 Å². The van der Waals surface area contributed by atoms with Crippen LogP contribution in [0.1, 0.15) is 62.1 Å². The number of nitrogens with zero attached hydrogens (tertiary/aromatic N) is 2. The van der Waals surface area contributed by atoms with Crippen molar-refractivity contribution in [2.24, 2.45) is 0 Å². The number of benzene rings is 3. The first-order valence-corrected chi connectivity index (χ1v) is 16.4. The Balaban J connectivity index is 1.71. The number of hydrogen-bond donors (Lipinski definition) is 1. The van der Waals surface area contributed by atoms with Gasteiger partial charge in [-0.25, -0.2) is 8.42 Å². The molecular formula is C33H40ClN3O4S. The van der Waals surface area contributed by atoms with E-state index in [4.69, 9.17) is 11.6 Å². The van der Waals surface area contributed by atoms with E-state index in [1.54, 1.807) is 42.5 Å². The minimum atomic E-state index is -4.10. The first-order chi connectivity index (χ1) is 20.1. The highest BCUT2D eigenvalue weighted by Crippen LogP contribution is 2.27. The molecule has 0 spiro atoms. The zero-order valence-corrected chi connectivity index (χ0v) is 26.1. The third kappa shape index (κ3) is 7.72. The van der Waals surface area contributed by atoms with Crippen molar-refractivity contribution >= 4 is 39.1 Å². The van der Waals surface area contributed by atoms with Gasteiger partial charge >= 0.3 is 0 Å². The van der Waals surface area contributed by atoms with Gasteiger partial charge in [0.1, 0.15) is 12.6 Å². The fourth-order valence-corrected chi connectivity index (χ4v) is 6.93. The fourth-order valence-electron chi connectivity index (χ4n) is 5.38. The molecule has 9 heteroatoms. The average Bonchev–Trinajstić information content (AvgIpc) is 2.99. The molecule has 7 nitrogen and oxygen atoms in total. The molecule has 2 amide bonds. The number of carbonyl (C=O) groups excluding carboxylic acids is 2. The maximum atomic E-state index is 14.2. The largest absolute Gasteiger partial charge is 0.352 e. The van der Waals surface area contributed by atoms with E-state index in [1.165, 1.54) is 17.0 Å². The van der Waals surface area contributed by atoms with Crippen LogP contribution in [0.25, 0.3) is 0 Å². The number of nitrogens with one attached hydrogen (secondary N) is 1. The summed E-state index contributed by atoms with van der Waals surface area (Å²) < 4.78 is 29.1. The first-order valence-electron chi connectivity index (χ1n) is 14.6. The lowest BCUT2D eigenvalue weighted by Crippen LogP contribution is -2.54. The van der Waals surface area contributed by atoms with Crippen LogP contribution < -0.4 is 9.62 Å². The summed E-state index contributed by atoms with van der Waals surface area (Å²) in [4.78, 5) is 29.5. The Hall–Kier alpha value is -3.36. The zero-order valence-electron chi connectivity index (χ0n) is 24.6. The summed E-state index contributed by atoms with van der Waals surface area (Å²) in [5.74, 6) is -0.677. The van der Waals surface area contributed by atoms with Crippen LogP contribution in [0, 0.1) is 13.8 Å². The van der Waals surface area contributed by atoms with E-state index in [0.29, 0.717) is 17.1 Å². The van der Waals surface area contributed by atoms with Gasteiger partial charge in [-0.05, 0) is 86.2 Å². The van der Waals surface area contributed by atoms with Gasteiger partial charge in [-0.1, -0.05) is 74.2 Å². The molecule has 224 valence electrons. The van der Waals surface area contributed by atoms with Crippen LogP contribution in [0.2, 0.25) is 5.02 Å². The van der Waals surface area contributed by atoms with Crippen LogP contribution in [0.4, 0.5) is 5.69 Å². The number of anilines is 1. The summed E-state index contributed by atoms with van der Waals surface area (Å²) >= 11 is 6.11. The summed E-state index contributed by atoms with van der Waals surface area (Å²) in [6.45, 7) is 5.41. The van der Waals surface area contributed by atoms with Crippen LogP contribution in [-0.2, 0) is 26.2 Å². The van der Waals surface area contributed by atoms with Crippen molar-refractivity contribution in [2.45, 2.75) is 82.8 Å². The molecule has 0 aromatic heterocycles. The molecule has 0 aliphatic heterocycles. The van der Waals surface area contributed by atoms with Crippen LogP contribution in [0.15, 0.2) is 77.7 Å². The van der Waals surface area contributed by atoms with Crippen molar-refractivity contribution in [3.05, 3.63) is 94.5 Å². The van der Waals surface area contributed by atoms with E-state index < -0.39 is 28.5 Å². The minimum absolute atomic E-state index is 0.0817. The molecular weight excluding hydrogens is 570 g/mol. The number of aryl methyl sites for hydroxylation is 2.